The average molecular weight is 367 g/mol. The number of benzene rings is 2. The van der Waals surface area contributed by atoms with E-state index in [2.05, 4.69) is 24.3 Å². The van der Waals surface area contributed by atoms with Crippen molar-refractivity contribution in [3.05, 3.63) is 63.6 Å². The van der Waals surface area contributed by atoms with Gasteiger partial charge in [-0.3, -0.25) is 0 Å². The van der Waals surface area contributed by atoms with Crippen LogP contribution < -0.4 is 10.1 Å². The van der Waals surface area contributed by atoms with Crippen LogP contribution in [0.5, 0.6) is 5.75 Å². The number of rotatable bonds is 9. The molecule has 0 amide bonds. The maximum atomic E-state index is 6.13. The first kappa shape index (κ1) is 19.1. The fraction of sp³-hybridized carbons (Fsp3) is 0.368. The first-order chi connectivity index (χ1) is 11.5. The molecule has 5 heteroatoms. The summed E-state index contributed by atoms with van der Waals surface area (Å²) in [5, 5.41) is 4.90. The van der Waals surface area contributed by atoms with E-state index in [9.17, 15) is 0 Å². The lowest BCUT2D eigenvalue weighted by Gasteiger charge is -2.14. The highest BCUT2D eigenvalue weighted by Gasteiger charge is 2.06. The van der Waals surface area contributed by atoms with Gasteiger partial charge in [-0.15, -0.1) is 0 Å². The molecule has 3 nitrogen and oxygen atoms in total. The van der Waals surface area contributed by atoms with Gasteiger partial charge in [-0.1, -0.05) is 35.3 Å². The Morgan fingerprint density at radius 3 is 2.42 bits per heavy atom. The molecule has 0 aliphatic rings. The third kappa shape index (κ3) is 6.70. The Kier molecular flexibility index (Phi) is 7.86. The van der Waals surface area contributed by atoms with Crippen molar-refractivity contribution in [2.24, 2.45) is 0 Å². The summed E-state index contributed by atoms with van der Waals surface area (Å²) >= 11 is 12.0. The third-order valence-electron chi connectivity index (χ3n) is 3.60. The van der Waals surface area contributed by atoms with Gasteiger partial charge < -0.3 is 15.0 Å². The maximum absolute atomic E-state index is 6.13. The van der Waals surface area contributed by atoms with Crippen molar-refractivity contribution < 1.29 is 4.74 Å². The molecule has 0 unspecified atom stereocenters. The van der Waals surface area contributed by atoms with Gasteiger partial charge in [0, 0.05) is 22.2 Å². The van der Waals surface area contributed by atoms with E-state index in [4.69, 9.17) is 27.9 Å². The lowest BCUT2D eigenvalue weighted by molar-refractivity contribution is 0.302. The zero-order chi connectivity index (χ0) is 17.4. The summed E-state index contributed by atoms with van der Waals surface area (Å²) in [6, 6.07) is 13.4. The van der Waals surface area contributed by atoms with Gasteiger partial charge in [-0.25, -0.2) is 0 Å². The van der Waals surface area contributed by atoms with Crippen molar-refractivity contribution in [3.8, 4) is 5.75 Å². The lowest BCUT2D eigenvalue weighted by atomic mass is 10.2. The first-order valence-electron chi connectivity index (χ1n) is 8.06. The minimum atomic E-state index is 0.506. The highest BCUT2D eigenvalue weighted by Crippen LogP contribution is 2.24. The largest absolute Gasteiger partial charge is 0.489 e. The van der Waals surface area contributed by atoms with Crippen LogP contribution in [-0.2, 0) is 13.2 Å². The molecule has 0 fully saturated rings. The number of hydrogen-bond donors (Lipinski definition) is 1. The Bertz CT molecular complexity index is 630. The van der Waals surface area contributed by atoms with Crippen LogP contribution in [0.1, 0.15) is 17.5 Å². The van der Waals surface area contributed by atoms with Crippen molar-refractivity contribution >= 4 is 23.2 Å². The highest BCUT2D eigenvalue weighted by molar-refractivity contribution is 6.30. The summed E-state index contributed by atoms with van der Waals surface area (Å²) in [6.45, 7) is 3.28. The third-order valence-corrected chi connectivity index (χ3v) is 4.09. The molecule has 0 saturated carbocycles. The smallest absolute Gasteiger partial charge is 0.124 e. The van der Waals surface area contributed by atoms with Gasteiger partial charge >= 0.3 is 0 Å². The molecule has 24 heavy (non-hydrogen) atoms. The van der Waals surface area contributed by atoms with Crippen molar-refractivity contribution in [1.29, 1.82) is 0 Å². The summed E-state index contributed by atoms with van der Waals surface area (Å²) in [5.41, 5.74) is 2.15. The van der Waals surface area contributed by atoms with Gasteiger partial charge in [0.05, 0.1) is 0 Å². The van der Waals surface area contributed by atoms with Crippen LogP contribution in [-0.4, -0.2) is 32.1 Å². The van der Waals surface area contributed by atoms with Crippen LogP contribution in [0.3, 0.4) is 0 Å². The summed E-state index contributed by atoms with van der Waals surface area (Å²) in [5.74, 6) is 0.856. The van der Waals surface area contributed by atoms with E-state index >= 15 is 0 Å². The van der Waals surface area contributed by atoms with E-state index in [0.29, 0.717) is 6.61 Å². The summed E-state index contributed by atoms with van der Waals surface area (Å²) in [7, 11) is 4.17. The Morgan fingerprint density at radius 1 is 1.00 bits per heavy atom. The zero-order valence-corrected chi connectivity index (χ0v) is 15.7. The van der Waals surface area contributed by atoms with E-state index in [1.54, 1.807) is 0 Å². The molecule has 0 radical (unpaired) electrons. The molecule has 0 heterocycles. The number of ether oxygens (including phenoxy) is 1. The fourth-order valence-electron chi connectivity index (χ4n) is 2.31. The monoisotopic (exact) mass is 366 g/mol. The Balaban J connectivity index is 1.90. The minimum absolute atomic E-state index is 0.506. The highest BCUT2D eigenvalue weighted by atomic mass is 35.5. The zero-order valence-electron chi connectivity index (χ0n) is 14.2. The van der Waals surface area contributed by atoms with Gasteiger partial charge in [0.15, 0.2) is 0 Å². The molecule has 0 saturated heterocycles. The Hall–Kier alpha value is -1.26. The second-order valence-electron chi connectivity index (χ2n) is 6.00. The molecule has 2 aromatic carbocycles. The van der Waals surface area contributed by atoms with E-state index in [-0.39, 0.29) is 0 Å². The van der Waals surface area contributed by atoms with Gasteiger partial charge in [-0.05, 0) is 69.5 Å². The summed E-state index contributed by atoms with van der Waals surface area (Å²) < 4.78 is 5.96. The lowest BCUT2D eigenvalue weighted by Crippen LogP contribution is -2.21. The molecular weight excluding hydrogens is 343 g/mol. The second-order valence-corrected chi connectivity index (χ2v) is 6.87. The molecule has 0 aliphatic carbocycles. The van der Waals surface area contributed by atoms with Crippen LogP contribution in [0, 0.1) is 0 Å². The molecule has 130 valence electrons. The SMILES string of the molecule is CN(C)CCCNCc1cc(Cl)ccc1OCc1ccc(Cl)cc1. The first-order valence-corrected chi connectivity index (χ1v) is 8.81. The molecule has 2 aromatic rings. The molecule has 0 bridgehead atoms. The van der Waals surface area contributed by atoms with E-state index in [0.717, 1.165) is 53.0 Å². The van der Waals surface area contributed by atoms with Gasteiger partial charge in [-0.2, -0.15) is 0 Å². The Morgan fingerprint density at radius 2 is 1.71 bits per heavy atom. The van der Waals surface area contributed by atoms with E-state index in [1.165, 1.54) is 0 Å². The molecule has 1 N–H and O–H groups in total. The number of nitrogens with one attached hydrogen (secondary N) is 1. The topological polar surface area (TPSA) is 24.5 Å². The van der Waals surface area contributed by atoms with Crippen molar-refractivity contribution in [1.82, 2.24) is 10.2 Å². The molecule has 2 rings (SSSR count). The van der Waals surface area contributed by atoms with Gasteiger partial charge in [0.1, 0.15) is 12.4 Å². The van der Waals surface area contributed by atoms with Crippen molar-refractivity contribution in [2.75, 3.05) is 27.2 Å². The predicted octanol–water partition coefficient (Wildman–Crippen LogP) is 4.61. The number of nitrogens with zero attached hydrogens (tertiary/aromatic N) is 1. The van der Waals surface area contributed by atoms with Gasteiger partial charge in [0.25, 0.3) is 0 Å². The van der Waals surface area contributed by atoms with Gasteiger partial charge in [0.2, 0.25) is 0 Å². The average Bonchev–Trinajstić information content (AvgIpc) is 2.55. The molecule has 0 atom stereocenters. The molecule has 0 spiro atoms. The normalized spacial score (nSPS) is 11.0. The Labute approximate surface area is 154 Å². The molecular formula is C19H24Cl2N2O. The van der Waals surface area contributed by atoms with Crippen molar-refractivity contribution in [3.63, 3.8) is 0 Å². The van der Waals surface area contributed by atoms with E-state index in [1.807, 2.05) is 42.5 Å². The standard InChI is InChI=1S/C19H24Cl2N2O/c1-23(2)11-3-10-22-13-16-12-18(21)8-9-19(16)24-14-15-4-6-17(20)7-5-15/h4-9,12,22H,3,10-11,13-14H2,1-2H3. The molecule has 0 aliphatic heterocycles. The molecule has 0 aromatic heterocycles. The maximum Gasteiger partial charge on any atom is 0.124 e. The fourth-order valence-corrected chi connectivity index (χ4v) is 2.63. The van der Waals surface area contributed by atoms with Crippen LogP contribution in [0.15, 0.2) is 42.5 Å². The quantitative estimate of drug-likeness (QED) is 0.655. The van der Waals surface area contributed by atoms with Crippen LogP contribution >= 0.6 is 23.2 Å². The second kappa shape index (κ2) is 9.90. The number of hydrogen-bond acceptors (Lipinski definition) is 3. The van der Waals surface area contributed by atoms with Crippen molar-refractivity contribution in [2.45, 2.75) is 19.6 Å². The van der Waals surface area contributed by atoms with Crippen LogP contribution in [0.2, 0.25) is 10.0 Å². The minimum Gasteiger partial charge on any atom is -0.489 e. The summed E-state index contributed by atoms with van der Waals surface area (Å²) in [6.07, 6.45) is 1.11. The number of halogens is 2. The van der Waals surface area contributed by atoms with Crippen LogP contribution in [0.25, 0.3) is 0 Å². The summed E-state index contributed by atoms with van der Waals surface area (Å²) in [4.78, 5) is 2.18. The van der Waals surface area contributed by atoms with Crippen LogP contribution in [0.4, 0.5) is 0 Å². The van der Waals surface area contributed by atoms with E-state index < -0.39 is 0 Å². The predicted molar refractivity (Wildman–Crippen MR) is 102 cm³/mol.